The summed E-state index contributed by atoms with van der Waals surface area (Å²) >= 11 is 0. The number of amidine groups is 1. The van der Waals surface area contributed by atoms with E-state index in [0.29, 0.717) is 0 Å². The predicted octanol–water partition coefficient (Wildman–Crippen LogP) is 14.9. The topological polar surface area (TPSA) is 38.7 Å². The van der Waals surface area contributed by atoms with Crippen LogP contribution in [-0.4, -0.2) is 22.0 Å². The first-order valence-corrected chi connectivity index (χ1v) is 24.7. The van der Waals surface area contributed by atoms with Crippen molar-refractivity contribution in [3.8, 4) is 11.4 Å². The van der Waals surface area contributed by atoms with Gasteiger partial charge in [0.1, 0.15) is 5.84 Å². The highest BCUT2D eigenvalue weighted by atomic mass is 15.4. The van der Waals surface area contributed by atoms with E-state index in [9.17, 15) is 0 Å². The fraction of sp³-hybridized carbons (Fsp3) is 0.0455. The van der Waals surface area contributed by atoms with Gasteiger partial charge in [0.05, 0.1) is 40.5 Å². The Morgan fingerprint density at radius 3 is 1.76 bits per heavy atom. The molecule has 0 aliphatic carbocycles. The van der Waals surface area contributed by atoms with Crippen molar-refractivity contribution in [2.24, 2.45) is 4.99 Å². The number of aliphatic imine (C=N–C) groups is 1. The molecule has 1 aliphatic heterocycles. The van der Waals surface area contributed by atoms with Crippen molar-refractivity contribution in [1.82, 2.24) is 14.5 Å². The third-order valence-corrected chi connectivity index (χ3v) is 15.5. The standard InChI is InChI=1S/C66H45N5/c1-69-65(42-20-3-2-4-21-42)67-64(55-39-43-22-6-8-24-45(43)48-27-11-12-28-49(48)55)68-66(69)52-33-17-32-51-50(52)31-18-36-56(51)70-57-34-15-14-30-54(57)62-60(70)40-44-23-7-10-26-47(44)63(62)71-58-35-16-13-29-53(58)61-46-25-9-5-19-41(46)37-38-59(61)71/h2-40,65-66H,1H3,(H,67,68)/p+1. The molecular formula is C66H46N5+. The van der Waals surface area contributed by atoms with Crippen molar-refractivity contribution >= 4 is 103 Å². The van der Waals surface area contributed by atoms with Crippen LogP contribution in [0.1, 0.15) is 29.0 Å². The summed E-state index contributed by atoms with van der Waals surface area (Å²) in [6.07, 6.45) is -0.277. The normalized spacial score (nSPS) is 16.3. The zero-order valence-corrected chi connectivity index (χ0v) is 39.0. The molecule has 0 radical (unpaired) electrons. The molecular weight excluding hydrogens is 863 g/mol. The van der Waals surface area contributed by atoms with Gasteiger partial charge in [-0.1, -0.05) is 200 Å². The van der Waals surface area contributed by atoms with Crippen LogP contribution in [0.15, 0.2) is 242 Å². The Morgan fingerprint density at radius 2 is 0.972 bits per heavy atom. The van der Waals surface area contributed by atoms with E-state index < -0.39 is 0 Å². The number of benzene rings is 12. The fourth-order valence-corrected chi connectivity index (χ4v) is 12.4. The molecule has 0 amide bonds. The molecule has 0 bridgehead atoms. The summed E-state index contributed by atoms with van der Waals surface area (Å²) in [7, 11) is 2.29. The number of quaternary nitrogens is 1. The molecule has 71 heavy (non-hydrogen) atoms. The summed E-state index contributed by atoms with van der Waals surface area (Å²) in [6.45, 7) is 0. The Kier molecular flexibility index (Phi) is 8.71. The number of aromatic nitrogens is 2. The number of hydrogen-bond donors (Lipinski definition) is 2. The summed E-state index contributed by atoms with van der Waals surface area (Å²) in [5.74, 6) is 0.907. The smallest absolute Gasteiger partial charge is 0.211 e. The minimum absolute atomic E-state index is 0.0553. The molecule has 0 saturated heterocycles. The summed E-state index contributed by atoms with van der Waals surface area (Å²) in [4.78, 5) is 7.04. The van der Waals surface area contributed by atoms with Crippen LogP contribution in [0.5, 0.6) is 0 Å². The third kappa shape index (κ3) is 5.88. The maximum absolute atomic E-state index is 5.78. The Labute approximate surface area is 409 Å². The molecule has 0 spiro atoms. The zero-order chi connectivity index (χ0) is 46.7. The van der Waals surface area contributed by atoms with Gasteiger partial charge >= 0.3 is 0 Å². The summed E-state index contributed by atoms with van der Waals surface area (Å²) in [5.41, 5.74) is 10.6. The first kappa shape index (κ1) is 39.9. The molecule has 14 aromatic rings. The number of para-hydroxylation sites is 2. The van der Waals surface area contributed by atoms with Gasteiger partial charge in [-0.15, -0.1) is 0 Å². The van der Waals surface area contributed by atoms with Gasteiger partial charge in [0.25, 0.3) is 0 Å². The number of fused-ring (bicyclic) bond motifs is 13. The van der Waals surface area contributed by atoms with Crippen molar-refractivity contribution in [3.05, 3.63) is 253 Å². The molecule has 1 aliphatic rings. The van der Waals surface area contributed by atoms with Gasteiger partial charge in [-0.25, -0.2) is 4.99 Å². The molecule has 3 unspecified atom stereocenters. The molecule has 0 fully saturated rings. The first-order chi connectivity index (χ1) is 35.2. The largest absolute Gasteiger partial charge is 0.317 e. The van der Waals surface area contributed by atoms with Crippen LogP contribution in [0.25, 0.3) is 109 Å². The molecule has 2 aromatic heterocycles. The molecule has 5 nitrogen and oxygen atoms in total. The van der Waals surface area contributed by atoms with E-state index in [1.165, 1.54) is 119 Å². The number of nitrogens with zero attached hydrogens (tertiary/aromatic N) is 3. The van der Waals surface area contributed by atoms with Crippen molar-refractivity contribution in [2.75, 3.05) is 7.05 Å². The summed E-state index contributed by atoms with van der Waals surface area (Å²) in [5, 5.41) is 21.1. The second-order valence-electron chi connectivity index (χ2n) is 19.2. The van der Waals surface area contributed by atoms with Crippen LogP contribution >= 0.6 is 0 Å². The van der Waals surface area contributed by atoms with Gasteiger partial charge in [0.15, 0.2) is 6.17 Å². The monoisotopic (exact) mass is 908 g/mol. The summed E-state index contributed by atoms with van der Waals surface area (Å²) < 4.78 is 5.07. The highest BCUT2D eigenvalue weighted by molar-refractivity contribution is 6.26. The van der Waals surface area contributed by atoms with Crippen molar-refractivity contribution < 1.29 is 4.90 Å². The van der Waals surface area contributed by atoms with E-state index in [0.717, 1.165) is 17.1 Å². The summed E-state index contributed by atoms with van der Waals surface area (Å²) in [6, 6.07) is 87.1. The van der Waals surface area contributed by atoms with E-state index in [-0.39, 0.29) is 12.3 Å². The zero-order valence-electron chi connectivity index (χ0n) is 39.0. The lowest BCUT2D eigenvalue weighted by Gasteiger charge is -2.37. The van der Waals surface area contributed by atoms with E-state index in [1.807, 2.05) is 0 Å². The van der Waals surface area contributed by atoms with Crippen LogP contribution in [0, 0.1) is 0 Å². The molecule has 3 atom stereocenters. The molecule has 334 valence electrons. The minimum Gasteiger partial charge on any atom is -0.317 e. The van der Waals surface area contributed by atoms with E-state index in [2.05, 4.69) is 258 Å². The highest BCUT2D eigenvalue weighted by Crippen LogP contribution is 2.46. The maximum atomic E-state index is 5.78. The maximum Gasteiger partial charge on any atom is 0.211 e. The van der Waals surface area contributed by atoms with Gasteiger partial charge in [-0.05, 0) is 79.5 Å². The third-order valence-electron chi connectivity index (χ3n) is 15.5. The molecule has 2 N–H and O–H groups in total. The average Bonchev–Trinajstić information content (AvgIpc) is 3.95. The van der Waals surface area contributed by atoms with Gasteiger partial charge in [0.2, 0.25) is 6.17 Å². The van der Waals surface area contributed by atoms with Gasteiger partial charge in [0, 0.05) is 49.0 Å². The Morgan fingerprint density at radius 1 is 0.394 bits per heavy atom. The van der Waals surface area contributed by atoms with Crippen LogP contribution in [0.4, 0.5) is 0 Å². The molecule has 3 heterocycles. The van der Waals surface area contributed by atoms with Crippen LogP contribution in [0.2, 0.25) is 0 Å². The highest BCUT2D eigenvalue weighted by Gasteiger charge is 2.37. The predicted molar refractivity (Wildman–Crippen MR) is 298 cm³/mol. The van der Waals surface area contributed by atoms with Crippen molar-refractivity contribution in [3.63, 3.8) is 0 Å². The number of hydrogen-bond acceptors (Lipinski definition) is 2. The van der Waals surface area contributed by atoms with E-state index >= 15 is 0 Å². The van der Waals surface area contributed by atoms with Gasteiger partial charge < -0.3 is 14.5 Å². The van der Waals surface area contributed by atoms with Crippen molar-refractivity contribution in [1.29, 1.82) is 0 Å². The SMILES string of the molecule is C[NH+]1C(c2cccc3c(-n4c5ccccc5c5c(-n6c7ccccc7c7c8ccccc8ccc76)c6ccccc6cc54)cccc23)N=C(c2cc3ccccc3c3ccccc23)NC1c1ccccc1. The van der Waals surface area contributed by atoms with Crippen LogP contribution in [0.3, 0.4) is 0 Å². The van der Waals surface area contributed by atoms with E-state index in [1.54, 1.807) is 0 Å². The molecule has 15 rings (SSSR count). The molecule has 0 saturated carbocycles. The lowest BCUT2D eigenvalue weighted by atomic mass is 9.95. The Hall–Kier alpha value is -9.03. The molecule has 12 aromatic carbocycles. The second kappa shape index (κ2) is 15.5. The van der Waals surface area contributed by atoms with Crippen LogP contribution < -0.4 is 10.2 Å². The van der Waals surface area contributed by atoms with Gasteiger partial charge in [-0.2, -0.15) is 0 Å². The lowest BCUT2D eigenvalue weighted by molar-refractivity contribution is -0.947. The Bertz CT molecular complexity index is 4540. The second-order valence-corrected chi connectivity index (χ2v) is 19.2. The quantitative estimate of drug-likeness (QED) is 0.166. The number of rotatable bonds is 5. The lowest BCUT2D eigenvalue weighted by Crippen LogP contribution is -3.12. The number of nitrogens with one attached hydrogen (secondary N) is 2. The fourth-order valence-electron chi connectivity index (χ4n) is 12.4. The van der Waals surface area contributed by atoms with Crippen LogP contribution in [-0.2, 0) is 0 Å². The van der Waals surface area contributed by atoms with E-state index in [4.69, 9.17) is 4.99 Å². The molecule has 5 heteroatoms. The minimum atomic E-state index is -0.222. The van der Waals surface area contributed by atoms with Crippen molar-refractivity contribution in [2.45, 2.75) is 12.3 Å². The van der Waals surface area contributed by atoms with Gasteiger partial charge in [-0.3, -0.25) is 4.90 Å². The Balaban J connectivity index is 0.990. The average molecular weight is 909 g/mol. The first-order valence-electron chi connectivity index (χ1n) is 24.7.